The van der Waals surface area contributed by atoms with Crippen molar-refractivity contribution in [2.24, 2.45) is 0 Å². The lowest BCUT2D eigenvalue weighted by molar-refractivity contribution is 0.0927. The Bertz CT molecular complexity index is 1170. The topological polar surface area (TPSA) is 109 Å². The fraction of sp³-hybridized carbons (Fsp3) is 0.409. The van der Waals surface area contributed by atoms with Gasteiger partial charge < -0.3 is 5.32 Å². The Kier molecular flexibility index (Phi) is 5.93. The number of hydrogen-bond acceptors (Lipinski definition) is 5. The first-order valence-corrected chi connectivity index (χ1v) is 13.7. The average Bonchev–Trinajstić information content (AvgIpc) is 3.05. The molecule has 4 rings (SSSR count). The first-order valence-electron chi connectivity index (χ1n) is 10.4. The van der Waals surface area contributed by atoms with Gasteiger partial charge in [0.05, 0.1) is 16.4 Å². The van der Waals surface area contributed by atoms with Crippen LogP contribution in [0.3, 0.4) is 0 Å². The Hall–Kier alpha value is -2.23. The number of hydrogen-bond donors (Lipinski definition) is 2. The highest BCUT2D eigenvalue weighted by Gasteiger charge is 2.38. The predicted molar refractivity (Wildman–Crippen MR) is 118 cm³/mol. The van der Waals surface area contributed by atoms with Gasteiger partial charge in [0.15, 0.2) is 9.84 Å². The van der Waals surface area contributed by atoms with Crippen molar-refractivity contribution in [3.63, 3.8) is 0 Å². The van der Waals surface area contributed by atoms with Gasteiger partial charge in [-0.1, -0.05) is 42.8 Å². The SMILES string of the molecule is O=C(NCC1(c2ccccc2)CCC1)c1cccc(S(=O)(=O)N[C@@H]2CCS(=O)(=O)C2)c1. The molecule has 1 saturated carbocycles. The van der Waals surface area contributed by atoms with Crippen molar-refractivity contribution in [3.8, 4) is 0 Å². The molecule has 31 heavy (non-hydrogen) atoms. The summed E-state index contributed by atoms with van der Waals surface area (Å²) in [6, 6.07) is 15.3. The Balaban J connectivity index is 1.45. The molecular weight excluding hydrogens is 436 g/mol. The number of amides is 1. The van der Waals surface area contributed by atoms with Crippen LogP contribution in [0.15, 0.2) is 59.5 Å². The molecule has 1 aliphatic carbocycles. The van der Waals surface area contributed by atoms with E-state index in [2.05, 4.69) is 22.2 Å². The molecule has 166 valence electrons. The summed E-state index contributed by atoms with van der Waals surface area (Å²) in [6.45, 7) is 0.491. The van der Waals surface area contributed by atoms with Crippen LogP contribution in [0, 0.1) is 0 Å². The van der Waals surface area contributed by atoms with Gasteiger partial charge in [-0.15, -0.1) is 0 Å². The third-order valence-corrected chi connectivity index (χ3v) is 9.53. The van der Waals surface area contributed by atoms with Gasteiger partial charge in [0.25, 0.3) is 5.91 Å². The first-order chi connectivity index (χ1) is 14.7. The van der Waals surface area contributed by atoms with Crippen LogP contribution in [0.5, 0.6) is 0 Å². The number of benzene rings is 2. The third-order valence-electron chi connectivity index (χ3n) is 6.24. The monoisotopic (exact) mass is 462 g/mol. The molecule has 2 aromatic rings. The Labute approximate surface area is 183 Å². The molecule has 7 nitrogen and oxygen atoms in total. The predicted octanol–water partition coefficient (Wildman–Crippen LogP) is 2.00. The number of sulfone groups is 1. The van der Waals surface area contributed by atoms with E-state index in [-0.39, 0.29) is 39.7 Å². The van der Waals surface area contributed by atoms with E-state index in [1.807, 2.05) is 18.2 Å². The van der Waals surface area contributed by atoms with Gasteiger partial charge in [-0.25, -0.2) is 21.6 Å². The molecule has 0 bridgehead atoms. The first kappa shape index (κ1) is 22.0. The maximum atomic E-state index is 12.8. The van der Waals surface area contributed by atoms with E-state index in [1.54, 1.807) is 6.07 Å². The van der Waals surface area contributed by atoms with E-state index in [9.17, 15) is 21.6 Å². The lowest BCUT2D eigenvalue weighted by Gasteiger charge is -2.42. The highest BCUT2D eigenvalue weighted by atomic mass is 32.2. The van der Waals surface area contributed by atoms with Crippen LogP contribution in [0.1, 0.15) is 41.6 Å². The summed E-state index contributed by atoms with van der Waals surface area (Å²) in [4.78, 5) is 12.7. The summed E-state index contributed by atoms with van der Waals surface area (Å²) in [6.07, 6.45) is 3.37. The van der Waals surface area contributed by atoms with E-state index < -0.39 is 25.9 Å². The molecule has 1 amide bonds. The van der Waals surface area contributed by atoms with Crippen LogP contribution >= 0.6 is 0 Å². The Morgan fingerprint density at radius 2 is 1.81 bits per heavy atom. The normalized spacial score (nSPS) is 21.9. The van der Waals surface area contributed by atoms with Gasteiger partial charge in [0, 0.05) is 23.6 Å². The second kappa shape index (κ2) is 8.37. The highest BCUT2D eigenvalue weighted by molar-refractivity contribution is 7.92. The van der Waals surface area contributed by atoms with Gasteiger partial charge in [-0.05, 0) is 43.0 Å². The van der Waals surface area contributed by atoms with Gasteiger partial charge in [0.2, 0.25) is 10.0 Å². The molecule has 2 aliphatic rings. The zero-order valence-corrected chi connectivity index (χ0v) is 18.7. The molecule has 1 aliphatic heterocycles. The fourth-order valence-corrected chi connectivity index (χ4v) is 7.39. The van der Waals surface area contributed by atoms with Crippen molar-refractivity contribution in [2.45, 2.75) is 42.0 Å². The minimum Gasteiger partial charge on any atom is -0.351 e. The molecule has 0 radical (unpaired) electrons. The second-order valence-corrected chi connectivity index (χ2v) is 12.4. The van der Waals surface area contributed by atoms with Gasteiger partial charge in [-0.3, -0.25) is 4.79 Å². The standard InChI is InChI=1S/C22H26N2O5S2/c25-21(23-16-22(11-5-12-22)18-7-2-1-3-8-18)17-6-4-9-20(14-17)31(28,29)24-19-10-13-30(26,27)15-19/h1-4,6-9,14,19,24H,5,10-13,15-16H2,(H,23,25)/t19-/m1/s1. The Morgan fingerprint density at radius 3 is 2.42 bits per heavy atom. The summed E-state index contributed by atoms with van der Waals surface area (Å²) in [5, 5.41) is 2.97. The van der Waals surface area contributed by atoms with Crippen LogP contribution in [-0.2, 0) is 25.3 Å². The molecule has 2 N–H and O–H groups in total. The second-order valence-electron chi connectivity index (χ2n) is 8.43. The van der Waals surface area contributed by atoms with E-state index in [4.69, 9.17) is 0 Å². The van der Waals surface area contributed by atoms with Gasteiger partial charge in [-0.2, -0.15) is 0 Å². The number of carbonyl (C=O) groups excluding carboxylic acids is 1. The van der Waals surface area contributed by atoms with Crippen molar-refractivity contribution in [2.75, 3.05) is 18.1 Å². The van der Waals surface area contributed by atoms with Crippen molar-refractivity contribution < 1.29 is 21.6 Å². The average molecular weight is 463 g/mol. The van der Waals surface area contributed by atoms with Crippen molar-refractivity contribution in [3.05, 3.63) is 65.7 Å². The molecule has 9 heteroatoms. The lowest BCUT2D eigenvalue weighted by Crippen LogP contribution is -2.45. The third kappa shape index (κ3) is 4.83. The van der Waals surface area contributed by atoms with E-state index >= 15 is 0 Å². The molecule has 0 aromatic heterocycles. The molecule has 2 aromatic carbocycles. The minimum atomic E-state index is -3.92. The van der Waals surface area contributed by atoms with E-state index in [1.165, 1.54) is 23.8 Å². The lowest BCUT2D eigenvalue weighted by atomic mass is 9.64. The molecule has 0 unspecified atom stereocenters. The van der Waals surface area contributed by atoms with Crippen molar-refractivity contribution >= 4 is 25.8 Å². The molecule has 2 fully saturated rings. The van der Waals surface area contributed by atoms with Crippen LogP contribution in [0.2, 0.25) is 0 Å². The zero-order chi connectivity index (χ0) is 22.1. The maximum absolute atomic E-state index is 12.8. The largest absolute Gasteiger partial charge is 0.351 e. The Morgan fingerprint density at radius 1 is 1.06 bits per heavy atom. The number of carbonyl (C=O) groups is 1. The number of rotatable bonds is 7. The summed E-state index contributed by atoms with van der Waals surface area (Å²) in [7, 11) is -7.13. The van der Waals surface area contributed by atoms with Crippen LogP contribution in [0.25, 0.3) is 0 Å². The summed E-state index contributed by atoms with van der Waals surface area (Å²) in [5.41, 5.74) is 1.38. The van der Waals surface area contributed by atoms with Crippen LogP contribution < -0.4 is 10.0 Å². The molecule has 0 spiro atoms. The molecular formula is C22H26N2O5S2. The minimum absolute atomic E-state index is 0.0220. The molecule has 1 atom stereocenters. The quantitative estimate of drug-likeness (QED) is 0.654. The fourth-order valence-electron chi connectivity index (χ4n) is 4.29. The molecule has 1 saturated heterocycles. The maximum Gasteiger partial charge on any atom is 0.251 e. The van der Waals surface area contributed by atoms with Crippen molar-refractivity contribution in [1.82, 2.24) is 10.0 Å². The van der Waals surface area contributed by atoms with Crippen molar-refractivity contribution in [1.29, 1.82) is 0 Å². The number of nitrogens with one attached hydrogen (secondary N) is 2. The van der Waals surface area contributed by atoms with Crippen LogP contribution in [-0.4, -0.2) is 46.8 Å². The zero-order valence-electron chi connectivity index (χ0n) is 17.1. The van der Waals surface area contributed by atoms with Gasteiger partial charge in [0.1, 0.15) is 0 Å². The summed E-state index contributed by atoms with van der Waals surface area (Å²) in [5.74, 6) is -0.553. The van der Waals surface area contributed by atoms with E-state index in [0.717, 1.165) is 19.3 Å². The molecule has 1 heterocycles. The smallest absolute Gasteiger partial charge is 0.251 e. The summed E-state index contributed by atoms with van der Waals surface area (Å²) < 4.78 is 51.0. The van der Waals surface area contributed by atoms with E-state index in [0.29, 0.717) is 6.54 Å². The highest BCUT2D eigenvalue weighted by Crippen LogP contribution is 2.43. The van der Waals surface area contributed by atoms with Gasteiger partial charge >= 0.3 is 0 Å². The number of sulfonamides is 1. The summed E-state index contributed by atoms with van der Waals surface area (Å²) >= 11 is 0. The van der Waals surface area contributed by atoms with Crippen LogP contribution in [0.4, 0.5) is 0 Å².